The number of carbonyl (C=O) groups excluding carboxylic acids is 1. The molecule has 6 nitrogen and oxygen atoms in total. The average molecular weight is 414 g/mol. The summed E-state index contributed by atoms with van der Waals surface area (Å²) in [6.07, 6.45) is 4.84. The highest BCUT2D eigenvalue weighted by atomic mass is 32.2. The SMILES string of the molecule is CCCC(=O)Nc1cc(OC)cc(-c2cnn3ccc(S(=O)C(C)(C)C)cc23)c1. The first-order valence-corrected chi connectivity index (χ1v) is 10.8. The van der Waals surface area contributed by atoms with Crippen molar-refractivity contribution in [2.45, 2.75) is 50.2 Å². The predicted molar refractivity (Wildman–Crippen MR) is 117 cm³/mol. The molecule has 2 aromatic heterocycles. The predicted octanol–water partition coefficient (Wildman–Crippen LogP) is 4.65. The number of fused-ring (bicyclic) bond motifs is 1. The van der Waals surface area contributed by atoms with E-state index in [1.165, 1.54) is 0 Å². The van der Waals surface area contributed by atoms with Crippen LogP contribution in [0.15, 0.2) is 47.6 Å². The Hall–Kier alpha value is -2.67. The molecule has 154 valence electrons. The Bertz CT molecular complexity index is 1070. The summed E-state index contributed by atoms with van der Waals surface area (Å²) in [7, 11) is 0.446. The highest BCUT2D eigenvalue weighted by Gasteiger charge is 2.22. The molecule has 1 unspecified atom stereocenters. The maximum atomic E-state index is 12.8. The van der Waals surface area contributed by atoms with Crippen LogP contribution in [0.2, 0.25) is 0 Å². The lowest BCUT2D eigenvalue weighted by Gasteiger charge is -2.17. The van der Waals surface area contributed by atoms with Crippen LogP contribution in [0.25, 0.3) is 16.6 Å². The van der Waals surface area contributed by atoms with Gasteiger partial charge in [0.2, 0.25) is 5.91 Å². The summed E-state index contributed by atoms with van der Waals surface area (Å²) in [5.41, 5.74) is 3.26. The lowest BCUT2D eigenvalue weighted by Crippen LogP contribution is -2.21. The zero-order valence-electron chi connectivity index (χ0n) is 17.5. The molecule has 1 aromatic carbocycles. The fourth-order valence-corrected chi connectivity index (χ4v) is 4.16. The van der Waals surface area contributed by atoms with E-state index in [1.807, 2.05) is 58.2 Å². The second-order valence-electron chi connectivity index (χ2n) is 7.88. The molecule has 3 rings (SSSR count). The summed E-state index contributed by atoms with van der Waals surface area (Å²) >= 11 is 0. The molecule has 0 radical (unpaired) electrons. The quantitative estimate of drug-likeness (QED) is 0.638. The van der Waals surface area contributed by atoms with Crippen molar-refractivity contribution in [3.63, 3.8) is 0 Å². The highest BCUT2D eigenvalue weighted by Crippen LogP contribution is 2.32. The molecular weight excluding hydrogens is 386 g/mol. The number of aromatic nitrogens is 2. The fraction of sp³-hybridized carbons (Fsp3) is 0.364. The van der Waals surface area contributed by atoms with E-state index in [9.17, 15) is 9.00 Å². The number of rotatable bonds is 6. The Morgan fingerprint density at radius 2 is 2.00 bits per heavy atom. The minimum atomic E-state index is -1.15. The summed E-state index contributed by atoms with van der Waals surface area (Å²) in [6, 6.07) is 9.36. The van der Waals surface area contributed by atoms with Crippen LogP contribution >= 0.6 is 0 Å². The Labute approximate surface area is 173 Å². The third-order valence-electron chi connectivity index (χ3n) is 4.48. The van der Waals surface area contributed by atoms with Gasteiger partial charge in [0.25, 0.3) is 0 Å². The van der Waals surface area contributed by atoms with Crippen LogP contribution in [0, 0.1) is 0 Å². The molecule has 2 heterocycles. The van der Waals surface area contributed by atoms with Gasteiger partial charge in [-0.2, -0.15) is 5.10 Å². The zero-order chi connectivity index (χ0) is 21.2. The van der Waals surface area contributed by atoms with Gasteiger partial charge < -0.3 is 10.1 Å². The number of benzene rings is 1. The summed E-state index contributed by atoms with van der Waals surface area (Å²) in [5.74, 6) is 0.609. The van der Waals surface area contributed by atoms with E-state index in [-0.39, 0.29) is 10.7 Å². The minimum Gasteiger partial charge on any atom is -0.497 e. The van der Waals surface area contributed by atoms with Crippen LogP contribution in [0.1, 0.15) is 40.5 Å². The van der Waals surface area contributed by atoms with Crippen molar-refractivity contribution >= 4 is 27.9 Å². The maximum Gasteiger partial charge on any atom is 0.224 e. The molecule has 1 N–H and O–H groups in total. The summed E-state index contributed by atoms with van der Waals surface area (Å²) < 4.78 is 19.7. The van der Waals surface area contributed by atoms with Crippen molar-refractivity contribution in [3.05, 3.63) is 42.7 Å². The molecule has 0 aliphatic rings. The van der Waals surface area contributed by atoms with Gasteiger partial charge in [0, 0.05) is 39.6 Å². The lowest BCUT2D eigenvalue weighted by molar-refractivity contribution is -0.116. The van der Waals surface area contributed by atoms with Gasteiger partial charge >= 0.3 is 0 Å². The van der Waals surface area contributed by atoms with Crippen molar-refractivity contribution in [2.75, 3.05) is 12.4 Å². The molecule has 29 heavy (non-hydrogen) atoms. The number of carbonyl (C=O) groups is 1. The number of hydrogen-bond acceptors (Lipinski definition) is 4. The number of amides is 1. The number of methoxy groups -OCH3 is 1. The number of ether oxygens (including phenoxy) is 1. The molecule has 0 saturated carbocycles. The molecule has 0 saturated heterocycles. The van der Waals surface area contributed by atoms with Crippen molar-refractivity contribution in [3.8, 4) is 16.9 Å². The third-order valence-corrected chi connectivity index (χ3v) is 6.27. The minimum absolute atomic E-state index is 0.0329. The standard InChI is InChI=1S/C22H27N3O3S/c1-6-7-21(26)24-16-10-15(11-17(12-16)28-5)19-14-23-25-9-8-18(13-20(19)25)29(27)22(2,3)4/h8-14H,6-7H2,1-5H3,(H,24,26). The summed E-state index contributed by atoms with van der Waals surface area (Å²) in [5, 5.41) is 7.35. The van der Waals surface area contributed by atoms with Gasteiger partial charge in [0.1, 0.15) is 5.75 Å². The van der Waals surface area contributed by atoms with E-state index < -0.39 is 10.8 Å². The zero-order valence-corrected chi connectivity index (χ0v) is 18.3. The van der Waals surface area contributed by atoms with E-state index in [1.54, 1.807) is 23.9 Å². The van der Waals surface area contributed by atoms with E-state index in [2.05, 4.69) is 10.4 Å². The first-order valence-electron chi connectivity index (χ1n) is 9.61. The van der Waals surface area contributed by atoms with Gasteiger partial charge in [0.15, 0.2) is 0 Å². The van der Waals surface area contributed by atoms with Gasteiger partial charge in [-0.15, -0.1) is 0 Å². The summed E-state index contributed by atoms with van der Waals surface area (Å²) in [4.78, 5) is 12.8. The smallest absolute Gasteiger partial charge is 0.224 e. The van der Waals surface area contributed by atoms with E-state index >= 15 is 0 Å². The van der Waals surface area contributed by atoms with Crippen molar-refractivity contribution in [2.24, 2.45) is 0 Å². The number of hydrogen-bond donors (Lipinski definition) is 1. The maximum absolute atomic E-state index is 12.8. The van der Waals surface area contributed by atoms with Crippen LogP contribution in [-0.4, -0.2) is 31.6 Å². The number of anilines is 1. The molecule has 0 bridgehead atoms. The highest BCUT2D eigenvalue weighted by molar-refractivity contribution is 7.86. The molecule has 1 amide bonds. The van der Waals surface area contributed by atoms with Crippen LogP contribution in [0.5, 0.6) is 5.75 Å². The fourth-order valence-electron chi connectivity index (χ4n) is 3.05. The largest absolute Gasteiger partial charge is 0.497 e. The molecule has 0 spiro atoms. The second-order valence-corrected chi connectivity index (χ2v) is 10.1. The van der Waals surface area contributed by atoms with Gasteiger partial charge in [-0.3, -0.25) is 9.00 Å². The average Bonchev–Trinajstić information content (AvgIpc) is 3.09. The lowest BCUT2D eigenvalue weighted by atomic mass is 10.1. The Balaban J connectivity index is 2.07. The van der Waals surface area contributed by atoms with Crippen molar-refractivity contribution < 1.29 is 13.7 Å². The molecule has 0 aliphatic carbocycles. The first-order chi connectivity index (χ1) is 13.7. The molecule has 0 aliphatic heterocycles. The normalized spacial score (nSPS) is 12.7. The van der Waals surface area contributed by atoms with Gasteiger partial charge in [0.05, 0.1) is 29.6 Å². The topological polar surface area (TPSA) is 72.7 Å². The second kappa shape index (κ2) is 8.37. The first kappa shape index (κ1) is 21.0. The number of nitrogens with one attached hydrogen (secondary N) is 1. The van der Waals surface area contributed by atoms with Crippen molar-refractivity contribution in [1.82, 2.24) is 9.61 Å². The third kappa shape index (κ3) is 4.67. The van der Waals surface area contributed by atoms with Gasteiger partial charge in [-0.1, -0.05) is 6.92 Å². The molecule has 0 fully saturated rings. The summed E-state index contributed by atoms with van der Waals surface area (Å²) in [6.45, 7) is 7.84. The van der Waals surface area contributed by atoms with Crippen LogP contribution in [0.3, 0.4) is 0 Å². The van der Waals surface area contributed by atoms with Gasteiger partial charge in [-0.05, 0) is 57.0 Å². The van der Waals surface area contributed by atoms with Crippen molar-refractivity contribution in [1.29, 1.82) is 0 Å². The molecular formula is C22H27N3O3S. The van der Waals surface area contributed by atoms with Gasteiger partial charge in [-0.25, -0.2) is 4.52 Å². The Morgan fingerprint density at radius 3 is 2.66 bits per heavy atom. The Morgan fingerprint density at radius 1 is 1.24 bits per heavy atom. The molecule has 1 atom stereocenters. The van der Waals surface area contributed by atoms with Crippen LogP contribution in [-0.2, 0) is 15.6 Å². The monoisotopic (exact) mass is 413 g/mol. The number of pyridine rings is 1. The molecule has 3 aromatic rings. The van der Waals surface area contributed by atoms with Crippen LogP contribution in [0.4, 0.5) is 5.69 Å². The van der Waals surface area contributed by atoms with E-state index in [4.69, 9.17) is 4.74 Å². The molecule has 7 heteroatoms. The number of nitrogens with zero attached hydrogens (tertiary/aromatic N) is 2. The van der Waals surface area contributed by atoms with E-state index in [0.717, 1.165) is 28.0 Å². The Kier molecular flexibility index (Phi) is 6.07. The van der Waals surface area contributed by atoms with Crippen LogP contribution < -0.4 is 10.1 Å². The van der Waals surface area contributed by atoms with E-state index in [0.29, 0.717) is 17.9 Å².